The van der Waals surface area contributed by atoms with Gasteiger partial charge in [-0.2, -0.15) is 5.10 Å². The van der Waals surface area contributed by atoms with Gasteiger partial charge in [-0.1, -0.05) is 0 Å². The van der Waals surface area contributed by atoms with E-state index in [9.17, 15) is 4.79 Å². The van der Waals surface area contributed by atoms with Crippen molar-refractivity contribution in [1.29, 1.82) is 0 Å². The summed E-state index contributed by atoms with van der Waals surface area (Å²) in [4.78, 5) is 15.6. The van der Waals surface area contributed by atoms with Crippen molar-refractivity contribution in [3.63, 3.8) is 0 Å². The first kappa shape index (κ1) is 15.8. The first-order chi connectivity index (χ1) is 10.2. The summed E-state index contributed by atoms with van der Waals surface area (Å²) in [6, 6.07) is 5.62. The van der Waals surface area contributed by atoms with Crippen molar-refractivity contribution in [2.24, 2.45) is 0 Å². The second kappa shape index (κ2) is 6.95. The number of aromatic amines is 1. The van der Waals surface area contributed by atoms with Crippen LogP contribution in [0.25, 0.3) is 5.65 Å². The maximum atomic E-state index is 11.6. The van der Waals surface area contributed by atoms with E-state index in [2.05, 4.69) is 20.5 Å². The summed E-state index contributed by atoms with van der Waals surface area (Å²) in [5.41, 5.74) is 2.10. The minimum atomic E-state index is -0.247. The Labute approximate surface area is 132 Å². The van der Waals surface area contributed by atoms with E-state index in [1.54, 1.807) is 18.6 Å². The molecule has 0 unspecified atom stereocenters. The first-order valence-electron chi connectivity index (χ1n) is 6.58. The van der Waals surface area contributed by atoms with Crippen molar-refractivity contribution in [2.75, 3.05) is 18.5 Å². The third-order valence-corrected chi connectivity index (χ3v) is 2.97. The molecule has 0 fully saturated rings. The first-order valence-corrected chi connectivity index (χ1v) is 6.58. The lowest BCUT2D eigenvalue weighted by Gasteiger charge is -2.09. The molecule has 0 aliphatic heterocycles. The zero-order chi connectivity index (χ0) is 14.7. The summed E-state index contributed by atoms with van der Waals surface area (Å²) < 4.78 is 7.04. The maximum absolute atomic E-state index is 11.6. The molecule has 0 saturated carbocycles. The zero-order valence-corrected chi connectivity index (χ0v) is 12.8. The van der Waals surface area contributed by atoms with Crippen LogP contribution in [0.3, 0.4) is 0 Å². The number of halogens is 1. The van der Waals surface area contributed by atoms with Crippen LogP contribution in [0.15, 0.2) is 41.6 Å². The largest absolute Gasteiger partial charge is 0.490 e. The van der Waals surface area contributed by atoms with Crippen LogP contribution in [0.4, 0.5) is 5.69 Å². The van der Waals surface area contributed by atoms with Gasteiger partial charge in [0.25, 0.3) is 0 Å². The van der Waals surface area contributed by atoms with E-state index in [0.29, 0.717) is 18.8 Å². The van der Waals surface area contributed by atoms with Crippen molar-refractivity contribution in [3.8, 4) is 5.75 Å². The number of anilines is 1. The monoisotopic (exact) mass is 321 g/mol. The number of fused-ring (bicyclic) bond motifs is 1. The van der Waals surface area contributed by atoms with Crippen molar-refractivity contribution >= 4 is 23.7 Å². The Bertz CT molecular complexity index is 800. The third-order valence-electron chi connectivity index (χ3n) is 2.97. The summed E-state index contributed by atoms with van der Waals surface area (Å²) in [7, 11) is 0. The predicted octanol–water partition coefficient (Wildman–Crippen LogP) is 1.64. The fourth-order valence-corrected chi connectivity index (χ4v) is 2.06. The quantitative estimate of drug-likeness (QED) is 0.698. The van der Waals surface area contributed by atoms with Crippen LogP contribution >= 0.6 is 12.4 Å². The van der Waals surface area contributed by atoms with Crippen LogP contribution in [0.2, 0.25) is 0 Å². The smallest absolute Gasteiger partial charge is 0.347 e. The van der Waals surface area contributed by atoms with Crippen molar-refractivity contribution in [2.45, 2.75) is 6.92 Å². The van der Waals surface area contributed by atoms with E-state index < -0.39 is 0 Å². The Balaban J connectivity index is 0.00000176. The van der Waals surface area contributed by atoms with Crippen molar-refractivity contribution in [1.82, 2.24) is 19.6 Å². The molecule has 0 saturated heterocycles. The molecule has 0 radical (unpaired) electrons. The van der Waals surface area contributed by atoms with E-state index in [0.717, 1.165) is 17.0 Å². The van der Waals surface area contributed by atoms with Gasteiger partial charge < -0.3 is 10.1 Å². The molecule has 0 spiro atoms. The molecule has 2 N–H and O–H groups in total. The number of hydrogen-bond donors (Lipinski definition) is 2. The van der Waals surface area contributed by atoms with E-state index in [1.807, 2.05) is 25.1 Å². The number of pyridine rings is 2. The standard InChI is InChI=1S/C14H15N5O2.ClH/c1-10-7-12(13-17-18-14(20)19(13)9-10)16-5-6-21-11-3-2-4-15-8-11;/h2-4,7-9,16H,5-6H2,1H3,(H,18,20);1H. The molecule has 0 aliphatic carbocycles. The van der Waals surface area contributed by atoms with Crippen LogP contribution in [0.1, 0.15) is 5.56 Å². The Kier molecular flexibility index (Phi) is 5.00. The lowest BCUT2D eigenvalue weighted by molar-refractivity contribution is 0.331. The van der Waals surface area contributed by atoms with E-state index in [1.165, 1.54) is 4.40 Å². The van der Waals surface area contributed by atoms with Gasteiger partial charge in [0, 0.05) is 18.9 Å². The van der Waals surface area contributed by atoms with Crippen LogP contribution in [0.5, 0.6) is 5.75 Å². The normalized spacial score (nSPS) is 10.2. The average Bonchev–Trinajstić information content (AvgIpc) is 2.86. The molecule has 0 aromatic carbocycles. The summed E-state index contributed by atoms with van der Waals surface area (Å²) in [6.07, 6.45) is 5.11. The minimum Gasteiger partial charge on any atom is -0.490 e. The average molecular weight is 322 g/mol. The lowest BCUT2D eigenvalue weighted by atomic mass is 10.3. The molecule has 0 bridgehead atoms. The second-order valence-corrected chi connectivity index (χ2v) is 4.62. The molecular formula is C14H16ClN5O2. The molecular weight excluding hydrogens is 306 g/mol. The number of aryl methyl sites for hydroxylation is 1. The topological polar surface area (TPSA) is 84.3 Å². The summed E-state index contributed by atoms with van der Waals surface area (Å²) >= 11 is 0. The highest BCUT2D eigenvalue weighted by Crippen LogP contribution is 2.15. The van der Waals surface area contributed by atoms with Crippen LogP contribution in [-0.2, 0) is 0 Å². The van der Waals surface area contributed by atoms with Gasteiger partial charge >= 0.3 is 5.69 Å². The molecule has 3 heterocycles. The van der Waals surface area contributed by atoms with Gasteiger partial charge in [-0.15, -0.1) is 12.4 Å². The molecule has 7 nitrogen and oxygen atoms in total. The molecule has 116 valence electrons. The third kappa shape index (κ3) is 3.37. The number of ether oxygens (including phenoxy) is 1. The predicted molar refractivity (Wildman–Crippen MR) is 86.0 cm³/mol. The molecule has 8 heteroatoms. The minimum absolute atomic E-state index is 0. The lowest BCUT2D eigenvalue weighted by Crippen LogP contribution is -2.14. The number of rotatable bonds is 5. The van der Waals surface area contributed by atoms with Gasteiger partial charge in [-0.05, 0) is 30.7 Å². The van der Waals surface area contributed by atoms with E-state index >= 15 is 0 Å². The Morgan fingerprint density at radius 1 is 1.45 bits per heavy atom. The Morgan fingerprint density at radius 3 is 3.09 bits per heavy atom. The number of H-pyrrole nitrogens is 1. The number of nitrogens with zero attached hydrogens (tertiary/aromatic N) is 3. The number of aromatic nitrogens is 4. The molecule has 0 amide bonds. The number of nitrogens with one attached hydrogen (secondary N) is 2. The van der Waals surface area contributed by atoms with Crippen molar-refractivity contribution in [3.05, 3.63) is 52.8 Å². The van der Waals surface area contributed by atoms with Crippen molar-refractivity contribution < 1.29 is 4.74 Å². The summed E-state index contributed by atoms with van der Waals surface area (Å²) in [5.74, 6) is 0.727. The molecule has 3 aromatic heterocycles. The highest BCUT2D eigenvalue weighted by atomic mass is 35.5. The highest BCUT2D eigenvalue weighted by molar-refractivity contribution is 5.85. The number of hydrogen-bond acceptors (Lipinski definition) is 5. The SMILES string of the molecule is Cc1cc(NCCOc2cccnc2)c2n[nH]c(=O)n2c1.Cl. The van der Waals surface area contributed by atoms with Gasteiger partial charge in [0.2, 0.25) is 0 Å². The van der Waals surface area contributed by atoms with E-state index in [4.69, 9.17) is 4.74 Å². The molecule has 3 rings (SSSR count). The zero-order valence-electron chi connectivity index (χ0n) is 11.9. The van der Waals surface area contributed by atoms with Crippen LogP contribution in [0, 0.1) is 6.92 Å². The fourth-order valence-electron chi connectivity index (χ4n) is 2.06. The maximum Gasteiger partial charge on any atom is 0.347 e. The molecule has 22 heavy (non-hydrogen) atoms. The Morgan fingerprint density at radius 2 is 2.32 bits per heavy atom. The van der Waals surface area contributed by atoms with Crippen LogP contribution in [-0.4, -0.2) is 32.7 Å². The summed E-state index contributed by atoms with van der Waals surface area (Å²) in [6.45, 7) is 3.01. The summed E-state index contributed by atoms with van der Waals surface area (Å²) in [5, 5.41) is 9.67. The molecule has 0 aliphatic rings. The molecule has 3 aromatic rings. The van der Waals surface area contributed by atoms with Crippen LogP contribution < -0.4 is 15.7 Å². The van der Waals surface area contributed by atoms with E-state index in [-0.39, 0.29) is 18.1 Å². The Hall–Kier alpha value is -2.54. The fraction of sp³-hybridized carbons (Fsp3) is 0.214. The highest BCUT2D eigenvalue weighted by Gasteiger charge is 2.06. The van der Waals surface area contributed by atoms with Gasteiger partial charge in [0.05, 0.1) is 11.9 Å². The molecule has 0 atom stereocenters. The van der Waals surface area contributed by atoms with Gasteiger partial charge in [0.1, 0.15) is 12.4 Å². The van der Waals surface area contributed by atoms with Gasteiger partial charge in [-0.3, -0.25) is 4.98 Å². The second-order valence-electron chi connectivity index (χ2n) is 4.62. The van der Waals surface area contributed by atoms with Gasteiger partial charge in [0.15, 0.2) is 5.65 Å². The van der Waals surface area contributed by atoms with Gasteiger partial charge in [-0.25, -0.2) is 14.3 Å².